The first kappa shape index (κ1) is 14.3. The fourth-order valence-corrected chi connectivity index (χ4v) is 2.89. The summed E-state index contributed by atoms with van der Waals surface area (Å²) in [6.07, 6.45) is 0. The first-order valence-corrected chi connectivity index (χ1v) is 7.31. The van der Waals surface area contributed by atoms with Crippen molar-refractivity contribution in [1.29, 1.82) is 0 Å². The van der Waals surface area contributed by atoms with Gasteiger partial charge in [-0.15, -0.1) is 0 Å². The molecule has 4 heteroatoms. The summed E-state index contributed by atoms with van der Waals surface area (Å²) < 4.78 is 3.19. The molecule has 0 aliphatic rings. The maximum atomic E-state index is 5.78. The van der Waals surface area contributed by atoms with Gasteiger partial charge in [0.15, 0.2) is 0 Å². The van der Waals surface area contributed by atoms with Gasteiger partial charge in [0, 0.05) is 15.7 Å². The molecule has 1 heterocycles. The smallest absolute Gasteiger partial charge is 0.0673 e. The molecule has 1 aromatic carbocycles. The van der Waals surface area contributed by atoms with Gasteiger partial charge in [-0.1, -0.05) is 41.1 Å². The Kier molecular flexibility index (Phi) is 4.42. The zero-order valence-electron chi connectivity index (χ0n) is 11.7. The Morgan fingerprint density at radius 3 is 2.63 bits per heavy atom. The van der Waals surface area contributed by atoms with Crippen LogP contribution in [0.5, 0.6) is 0 Å². The molecule has 0 saturated heterocycles. The van der Waals surface area contributed by atoms with Gasteiger partial charge < -0.3 is 5.73 Å². The van der Waals surface area contributed by atoms with E-state index in [1.54, 1.807) is 0 Å². The van der Waals surface area contributed by atoms with E-state index in [0.29, 0.717) is 12.5 Å². The second-order valence-corrected chi connectivity index (χ2v) is 5.82. The first-order valence-electron chi connectivity index (χ1n) is 6.52. The lowest BCUT2D eigenvalue weighted by Gasteiger charge is -2.10. The molecule has 0 bridgehead atoms. The molecular formula is C15H20BrN3. The van der Waals surface area contributed by atoms with Gasteiger partial charge in [-0.2, -0.15) is 5.10 Å². The van der Waals surface area contributed by atoms with E-state index in [0.717, 1.165) is 16.7 Å². The van der Waals surface area contributed by atoms with Gasteiger partial charge in [0.2, 0.25) is 0 Å². The number of halogens is 1. The van der Waals surface area contributed by atoms with Gasteiger partial charge >= 0.3 is 0 Å². The molecule has 1 aromatic heterocycles. The van der Waals surface area contributed by atoms with Crippen molar-refractivity contribution in [2.24, 2.45) is 5.73 Å². The van der Waals surface area contributed by atoms with Crippen molar-refractivity contribution in [3.8, 4) is 0 Å². The van der Waals surface area contributed by atoms with Crippen LogP contribution in [0.25, 0.3) is 0 Å². The lowest BCUT2D eigenvalue weighted by molar-refractivity contribution is 0.654. The number of hydrogen-bond donors (Lipinski definition) is 1. The maximum Gasteiger partial charge on any atom is 0.0673 e. The Morgan fingerprint density at radius 1 is 1.32 bits per heavy atom. The largest absolute Gasteiger partial charge is 0.330 e. The van der Waals surface area contributed by atoms with E-state index < -0.39 is 0 Å². The molecule has 0 spiro atoms. The number of aromatic nitrogens is 2. The van der Waals surface area contributed by atoms with Crippen LogP contribution >= 0.6 is 15.9 Å². The minimum absolute atomic E-state index is 0.355. The monoisotopic (exact) mass is 321 g/mol. The highest BCUT2D eigenvalue weighted by Gasteiger charge is 2.16. The van der Waals surface area contributed by atoms with Crippen LogP contribution in [0.1, 0.15) is 35.4 Å². The molecule has 0 amide bonds. The first-order chi connectivity index (χ1) is 9.04. The summed E-state index contributed by atoms with van der Waals surface area (Å²) in [6, 6.07) is 8.25. The summed E-state index contributed by atoms with van der Waals surface area (Å²) in [5.41, 5.74) is 10.6. The molecule has 102 valence electrons. The molecule has 0 aliphatic heterocycles. The lowest BCUT2D eigenvalue weighted by Crippen LogP contribution is -2.11. The molecule has 2 rings (SSSR count). The van der Waals surface area contributed by atoms with Crippen LogP contribution in [0.3, 0.4) is 0 Å². The summed E-state index contributed by atoms with van der Waals surface area (Å²) in [5, 5.41) is 4.66. The molecule has 2 N–H and O–H groups in total. The van der Waals surface area contributed by atoms with E-state index in [9.17, 15) is 0 Å². The molecule has 2 aromatic rings. The normalized spacial score (nSPS) is 12.7. The van der Waals surface area contributed by atoms with Crippen LogP contribution in [0.4, 0.5) is 0 Å². The fourth-order valence-electron chi connectivity index (χ4n) is 2.48. The summed E-state index contributed by atoms with van der Waals surface area (Å²) in [5.74, 6) is 0.355. The molecular weight excluding hydrogens is 302 g/mol. The third-order valence-corrected chi connectivity index (χ3v) is 4.34. The third-order valence-electron chi connectivity index (χ3n) is 3.56. The van der Waals surface area contributed by atoms with Gasteiger partial charge in [-0.05, 0) is 37.9 Å². The maximum absolute atomic E-state index is 5.78. The molecule has 19 heavy (non-hydrogen) atoms. The summed E-state index contributed by atoms with van der Waals surface area (Å²) in [7, 11) is 0. The van der Waals surface area contributed by atoms with Gasteiger partial charge in [0.05, 0.1) is 12.2 Å². The number of nitrogens with two attached hydrogens (primary N) is 1. The van der Waals surface area contributed by atoms with E-state index in [2.05, 4.69) is 64.7 Å². The molecule has 0 radical (unpaired) electrons. The van der Waals surface area contributed by atoms with Crippen molar-refractivity contribution in [1.82, 2.24) is 9.78 Å². The van der Waals surface area contributed by atoms with Gasteiger partial charge in [-0.25, -0.2) is 0 Å². The van der Waals surface area contributed by atoms with Crippen molar-refractivity contribution in [2.45, 2.75) is 33.2 Å². The van der Waals surface area contributed by atoms with Crippen molar-refractivity contribution in [3.63, 3.8) is 0 Å². The SMILES string of the molecule is Cc1nn(Cc2ccccc2Br)c(C)c1C(C)CN. The Labute approximate surface area is 122 Å². The van der Waals surface area contributed by atoms with E-state index >= 15 is 0 Å². The molecule has 1 atom stereocenters. The van der Waals surface area contributed by atoms with E-state index in [1.807, 2.05) is 6.07 Å². The Hall–Kier alpha value is -1.13. The second kappa shape index (κ2) is 5.88. The van der Waals surface area contributed by atoms with Crippen molar-refractivity contribution < 1.29 is 0 Å². The highest BCUT2D eigenvalue weighted by atomic mass is 79.9. The van der Waals surface area contributed by atoms with Crippen LogP contribution in [0.2, 0.25) is 0 Å². The Morgan fingerprint density at radius 2 is 2.00 bits per heavy atom. The fraction of sp³-hybridized carbons (Fsp3) is 0.400. The molecule has 3 nitrogen and oxygen atoms in total. The summed E-state index contributed by atoms with van der Waals surface area (Å²) in [4.78, 5) is 0. The molecule has 0 saturated carbocycles. The molecule has 1 unspecified atom stereocenters. The van der Waals surface area contributed by atoms with Crippen molar-refractivity contribution in [3.05, 3.63) is 51.3 Å². The number of aryl methyl sites for hydroxylation is 1. The number of rotatable bonds is 4. The van der Waals surface area contributed by atoms with Gasteiger partial charge in [-0.3, -0.25) is 4.68 Å². The number of hydrogen-bond acceptors (Lipinski definition) is 2. The quantitative estimate of drug-likeness (QED) is 0.938. The minimum Gasteiger partial charge on any atom is -0.330 e. The highest BCUT2D eigenvalue weighted by Crippen LogP contribution is 2.24. The van der Waals surface area contributed by atoms with E-state index in [1.165, 1.54) is 16.8 Å². The van der Waals surface area contributed by atoms with Crippen LogP contribution < -0.4 is 5.73 Å². The van der Waals surface area contributed by atoms with Gasteiger partial charge in [0.1, 0.15) is 0 Å². The standard InChI is InChI=1S/C15H20BrN3/c1-10(8-17)15-11(2)18-19(12(15)3)9-13-6-4-5-7-14(13)16/h4-7,10H,8-9,17H2,1-3H3. The summed E-state index contributed by atoms with van der Waals surface area (Å²) in [6.45, 7) is 7.77. The van der Waals surface area contributed by atoms with Crippen LogP contribution in [-0.4, -0.2) is 16.3 Å². The van der Waals surface area contributed by atoms with Crippen molar-refractivity contribution in [2.75, 3.05) is 6.54 Å². The zero-order chi connectivity index (χ0) is 14.0. The topological polar surface area (TPSA) is 43.8 Å². The predicted molar refractivity (Wildman–Crippen MR) is 82.4 cm³/mol. The lowest BCUT2D eigenvalue weighted by atomic mass is 9.99. The predicted octanol–water partition coefficient (Wildman–Crippen LogP) is 3.37. The average molecular weight is 322 g/mol. The number of benzene rings is 1. The van der Waals surface area contributed by atoms with Crippen molar-refractivity contribution >= 4 is 15.9 Å². The van der Waals surface area contributed by atoms with Crippen LogP contribution in [0.15, 0.2) is 28.7 Å². The third kappa shape index (κ3) is 2.90. The Balaban J connectivity index is 2.35. The van der Waals surface area contributed by atoms with E-state index in [4.69, 9.17) is 5.73 Å². The van der Waals surface area contributed by atoms with E-state index in [-0.39, 0.29) is 0 Å². The zero-order valence-corrected chi connectivity index (χ0v) is 13.2. The highest BCUT2D eigenvalue weighted by molar-refractivity contribution is 9.10. The van der Waals surface area contributed by atoms with Crippen LogP contribution in [-0.2, 0) is 6.54 Å². The second-order valence-electron chi connectivity index (χ2n) is 4.97. The Bertz CT molecular complexity index is 575. The number of nitrogens with zero attached hydrogens (tertiary/aromatic N) is 2. The molecule has 0 fully saturated rings. The minimum atomic E-state index is 0.355. The van der Waals surface area contributed by atoms with Crippen LogP contribution in [0, 0.1) is 13.8 Å². The molecule has 0 aliphatic carbocycles. The summed E-state index contributed by atoms with van der Waals surface area (Å²) >= 11 is 3.59. The average Bonchev–Trinajstić information content (AvgIpc) is 2.66. The van der Waals surface area contributed by atoms with Gasteiger partial charge in [0.25, 0.3) is 0 Å².